The molecule has 2 aromatic rings. The van der Waals surface area contributed by atoms with Gasteiger partial charge in [0.05, 0.1) is 27.9 Å². The van der Waals surface area contributed by atoms with Gasteiger partial charge in [-0.3, -0.25) is 4.79 Å². The monoisotopic (exact) mass is 376 g/mol. The zero-order valence-electron chi connectivity index (χ0n) is 14.7. The Morgan fingerprint density at radius 1 is 1.08 bits per heavy atom. The summed E-state index contributed by atoms with van der Waals surface area (Å²) in [6.45, 7) is 1.97. The third-order valence-corrected chi connectivity index (χ3v) is 4.36. The van der Waals surface area contributed by atoms with Crippen molar-refractivity contribution >= 4 is 17.5 Å². The van der Waals surface area contributed by atoms with Crippen LogP contribution in [-0.4, -0.2) is 38.7 Å². The van der Waals surface area contributed by atoms with Crippen molar-refractivity contribution < 1.29 is 23.7 Å². The predicted octanol–water partition coefficient (Wildman–Crippen LogP) is 3.70. The van der Waals surface area contributed by atoms with Crippen LogP contribution in [0.25, 0.3) is 0 Å². The second-order valence-corrected chi connectivity index (χ2v) is 6.01. The summed E-state index contributed by atoms with van der Waals surface area (Å²) < 4.78 is 21.6. The molecule has 0 saturated carbocycles. The summed E-state index contributed by atoms with van der Waals surface area (Å²) in [5.41, 5.74) is 1.25. The molecule has 0 aromatic heterocycles. The highest BCUT2D eigenvalue weighted by molar-refractivity contribution is 6.30. The number of carbonyl (C=O) groups excluding carboxylic acids is 1. The molecule has 1 unspecified atom stereocenters. The van der Waals surface area contributed by atoms with E-state index in [9.17, 15) is 4.79 Å². The molecule has 2 aromatic carbocycles. The van der Waals surface area contributed by atoms with Crippen LogP contribution in [0.1, 0.15) is 22.1 Å². The fourth-order valence-corrected chi connectivity index (χ4v) is 2.96. The molecule has 1 aliphatic heterocycles. The Balaban J connectivity index is 1.94. The minimum absolute atomic E-state index is 0.210. The molecule has 7 heteroatoms. The Labute approximate surface area is 157 Å². The van der Waals surface area contributed by atoms with Crippen LogP contribution in [0.3, 0.4) is 0 Å². The van der Waals surface area contributed by atoms with E-state index in [0.29, 0.717) is 34.4 Å². The molecule has 3 rings (SSSR count). The molecular formula is C19H19ClNO5. The van der Waals surface area contributed by atoms with Crippen molar-refractivity contribution in [3.05, 3.63) is 59.2 Å². The first-order chi connectivity index (χ1) is 12.6. The third kappa shape index (κ3) is 3.43. The highest BCUT2D eigenvalue weighted by Gasteiger charge is 2.33. The second kappa shape index (κ2) is 7.85. The summed E-state index contributed by atoms with van der Waals surface area (Å²) in [4.78, 5) is 14.7. The molecule has 0 spiro atoms. The number of ether oxygens (including phenoxy) is 4. The van der Waals surface area contributed by atoms with Crippen LogP contribution in [0, 0.1) is 6.61 Å². The standard InChI is InChI=1S/C19H19ClNO5/c1-23-15-10-13(11-16(24-2)17(15)25-3)18(22)21-8-9-26-19(21)12-4-6-14(20)7-5-12/h4-7,9-11,19H,8H2,1-3H3. The third-order valence-electron chi connectivity index (χ3n) is 4.11. The quantitative estimate of drug-likeness (QED) is 0.796. The van der Waals surface area contributed by atoms with Crippen LogP contribution in [0.5, 0.6) is 17.2 Å². The van der Waals surface area contributed by atoms with Gasteiger partial charge in [0, 0.05) is 16.1 Å². The van der Waals surface area contributed by atoms with Gasteiger partial charge in [0.1, 0.15) is 6.61 Å². The number of hydrogen-bond donors (Lipinski definition) is 0. The number of methoxy groups -OCH3 is 3. The van der Waals surface area contributed by atoms with Crippen LogP contribution in [0.2, 0.25) is 5.02 Å². The maximum atomic E-state index is 13.1. The van der Waals surface area contributed by atoms with E-state index in [1.807, 2.05) is 12.1 Å². The topological polar surface area (TPSA) is 57.2 Å². The van der Waals surface area contributed by atoms with Gasteiger partial charge in [-0.15, -0.1) is 0 Å². The highest BCUT2D eigenvalue weighted by atomic mass is 35.5. The SMILES string of the molecule is COc1cc(C(=O)N2C[CH]OC2c2ccc(Cl)cc2)cc(OC)c1OC. The van der Waals surface area contributed by atoms with E-state index in [1.165, 1.54) is 21.3 Å². The van der Waals surface area contributed by atoms with Crippen LogP contribution >= 0.6 is 11.6 Å². The van der Waals surface area contributed by atoms with E-state index in [-0.39, 0.29) is 5.91 Å². The fourth-order valence-electron chi connectivity index (χ4n) is 2.83. The van der Waals surface area contributed by atoms with Gasteiger partial charge in [0.25, 0.3) is 5.91 Å². The summed E-state index contributed by atoms with van der Waals surface area (Å²) in [5.74, 6) is 1.06. The number of rotatable bonds is 5. The van der Waals surface area contributed by atoms with Crippen LogP contribution in [0.15, 0.2) is 36.4 Å². The van der Waals surface area contributed by atoms with Crippen molar-refractivity contribution in [2.45, 2.75) is 6.23 Å². The van der Waals surface area contributed by atoms with E-state index >= 15 is 0 Å². The summed E-state index contributed by atoms with van der Waals surface area (Å²) in [5, 5.41) is 0.623. The van der Waals surface area contributed by atoms with E-state index in [1.54, 1.807) is 35.8 Å². The van der Waals surface area contributed by atoms with Crippen molar-refractivity contribution in [3.63, 3.8) is 0 Å². The van der Waals surface area contributed by atoms with Crippen molar-refractivity contribution in [2.75, 3.05) is 27.9 Å². The van der Waals surface area contributed by atoms with Gasteiger partial charge in [-0.2, -0.15) is 0 Å². The number of nitrogens with zero attached hydrogens (tertiary/aromatic N) is 1. The van der Waals surface area contributed by atoms with Crippen LogP contribution in [0.4, 0.5) is 0 Å². The zero-order chi connectivity index (χ0) is 18.7. The lowest BCUT2D eigenvalue weighted by Crippen LogP contribution is -2.31. The van der Waals surface area contributed by atoms with Gasteiger partial charge in [0.2, 0.25) is 5.75 Å². The summed E-state index contributed by atoms with van der Waals surface area (Å²) in [7, 11) is 4.53. The maximum absolute atomic E-state index is 13.1. The Morgan fingerprint density at radius 2 is 1.69 bits per heavy atom. The molecule has 1 saturated heterocycles. The first-order valence-electron chi connectivity index (χ1n) is 7.92. The number of hydrogen-bond acceptors (Lipinski definition) is 5. The fraction of sp³-hybridized carbons (Fsp3) is 0.263. The molecule has 0 aliphatic carbocycles. The normalized spacial score (nSPS) is 16.5. The van der Waals surface area contributed by atoms with Gasteiger partial charge in [0.15, 0.2) is 17.7 Å². The molecule has 1 radical (unpaired) electrons. The molecule has 1 amide bonds. The number of amides is 1. The predicted molar refractivity (Wildman–Crippen MR) is 96.7 cm³/mol. The first-order valence-corrected chi connectivity index (χ1v) is 8.30. The molecule has 0 bridgehead atoms. The van der Waals surface area contributed by atoms with Crippen LogP contribution < -0.4 is 14.2 Å². The number of halogens is 1. The van der Waals surface area contributed by atoms with E-state index in [4.69, 9.17) is 30.5 Å². The first kappa shape index (κ1) is 18.4. The summed E-state index contributed by atoms with van der Waals surface area (Å²) in [6.07, 6.45) is -0.515. The number of benzene rings is 2. The van der Waals surface area contributed by atoms with E-state index in [2.05, 4.69) is 0 Å². The largest absolute Gasteiger partial charge is 0.493 e. The summed E-state index contributed by atoms with van der Waals surface area (Å²) >= 11 is 5.94. The summed E-state index contributed by atoms with van der Waals surface area (Å²) in [6, 6.07) is 10.5. The molecule has 1 atom stereocenters. The average molecular weight is 377 g/mol. The van der Waals surface area contributed by atoms with Gasteiger partial charge in [-0.25, -0.2) is 0 Å². The lowest BCUT2D eigenvalue weighted by atomic mass is 10.1. The molecule has 6 nitrogen and oxygen atoms in total. The van der Waals surface area contributed by atoms with E-state index < -0.39 is 6.23 Å². The smallest absolute Gasteiger partial charge is 0.256 e. The Hall–Kier alpha value is -2.44. The molecular weight excluding hydrogens is 358 g/mol. The Bertz CT molecular complexity index is 768. The lowest BCUT2D eigenvalue weighted by molar-refractivity contribution is 0.0371. The lowest BCUT2D eigenvalue weighted by Gasteiger charge is -2.24. The van der Waals surface area contributed by atoms with Crippen LogP contribution in [-0.2, 0) is 4.74 Å². The van der Waals surface area contributed by atoms with Gasteiger partial charge in [-0.1, -0.05) is 23.7 Å². The molecule has 1 fully saturated rings. The molecule has 0 N–H and O–H groups in total. The Kier molecular flexibility index (Phi) is 5.54. The van der Waals surface area contributed by atoms with Crippen molar-refractivity contribution in [1.82, 2.24) is 4.90 Å². The van der Waals surface area contributed by atoms with Crippen molar-refractivity contribution in [1.29, 1.82) is 0 Å². The number of carbonyl (C=O) groups is 1. The minimum Gasteiger partial charge on any atom is -0.493 e. The highest BCUT2D eigenvalue weighted by Crippen LogP contribution is 2.39. The minimum atomic E-state index is -0.515. The Morgan fingerprint density at radius 3 is 2.23 bits per heavy atom. The zero-order valence-corrected chi connectivity index (χ0v) is 15.4. The van der Waals surface area contributed by atoms with Gasteiger partial charge in [-0.05, 0) is 24.3 Å². The molecule has 1 aliphatic rings. The van der Waals surface area contributed by atoms with Gasteiger partial charge < -0.3 is 23.8 Å². The molecule has 137 valence electrons. The molecule has 26 heavy (non-hydrogen) atoms. The average Bonchev–Trinajstić information content (AvgIpc) is 3.16. The second-order valence-electron chi connectivity index (χ2n) is 5.58. The molecule has 1 heterocycles. The van der Waals surface area contributed by atoms with E-state index in [0.717, 1.165) is 5.56 Å². The van der Waals surface area contributed by atoms with Crippen molar-refractivity contribution in [2.24, 2.45) is 0 Å². The van der Waals surface area contributed by atoms with Crippen molar-refractivity contribution in [3.8, 4) is 17.2 Å². The van der Waals surface area contributed by atoms with Gasteiger partial charge >= 0.3 is 0 Å². The maximum Gasteiger partial charge on any atom is 0.256 e.